The first kappa shape index (κ1) is 10.4. The van der Waals surface area contributed by atoms with Crippen LogP contribution in [-0.2, 0) is 0 Å². The molecule has 14 heavy (non-hydrogen) atoms. The van der Waals surface area contributed by atoms with Crippen LogP contribution in [0.2, 0.25) is 0 Å². The molecule has 0 aliphatic carbocycles. The second kappa shape index (κ2) is 4.04. The fourth-order valence-corrected chi connectivity index (χ4v) is 1.00. The second-order valence-corrected chi connectivity index (χ2v) is 3.13. The molecule has 0 saturated heterocycles. The molecule has 0 bridgehead atoms. The minimum absolute atomic E-state index is 0.130. The quantitative estimate of drug-likeness (QED) is 0.754. The molecule has 2 N–H and O–H groups in total. The van der Waals surface area contributed by atoms with Gasteiger partial charge in [-0.15, -0.1) is 0 Å². The number of carboxylic acid groups (broad SMARTS) is 1. The Morgan fingerprint density at radius 3 is 2.79 bits per heavy atom. The molecular weight excluding hydrogens is 184 g/mol. The standard InChI is InChI=1S/C9H12N2O3/c1-3-5(2)7-10-4-6(9(13)14)8(12)11-7/h4-5H,3H2,1-2H3,(H,13,14)(H,10,11,12)/t5-/m0/s1. The number of nitrogens with zero attached hydrogens (tertiary/aromatic N) is 1. The highest BCUT2D eigenvalue weighted by Gasteiger charge is 2.11. The summed E-state index contributed by atoms with van der Waals surface area (Å²) in [4.78, 5) is 28.1. The molecule has 0 aliphatic rings. The number of H-pyrrole nitrogens is 1. The summed E-state index contributed by atoms with van der Waals surface area (Å²) < 4.78 is 0. The second-order valence-electron chi connectivity index (χ2n) is 3.13. The van der Waals surface area contributed by atoms with Gasteiger partial charge in [-0.3, -0.25) is 4.79 Å². The van der Waals surface area contributed by atoms with Gasteiger partial charge in [0.2, 0.25) is 0 Å². The highest BCUT2D eigenvalue weighted by atomic mass is 16.4. The SMILES string of the molecule is CC[C@H](C)c1ncc(C(=O)O)c(=O)[nH]1. The Labute approximate surface area is 80.8 Å². The zero-order chi connectivity index (χ0) is 10.7. The van der Waals surface area contributed by atoms with Gasteiger partial charge in [0.25, 0.3) is 5.56 Å². The Morgan fingerprint density at radius 1 is 1.71 bits per heavy atom. The number of hydrogen-bond acceptors (Lipinski definition) is 3. The van der Waals surface area contributed by atoms with E-state index in [0.29, 0.717) is 5.82 Å². The Kier molecular flexibility index (Phi) is 3.01. The van der Waals surface area contributed by atoms with Crippen molar-refractivity contribution in [3.05, 3.63) is 27.9 Å². The Bertz CT molecular complexity index is 397. The molecule has 0 aliphatic heterocycles. The summed E-state index contributed by atoms with van der Waals surface area (Å²) in [7, 11) is 0. The lowest BCUT2D eigenvalue weighted by Gasteiger charge is -2.06. The molecule has 0 radical (unpaired) electrons. The third kappa shape index (κ3) is 1.99. The van der Waals surface area contributed by atoms with E-state index in [1.807, 2.05) is 13.8 Å². The number of carbonyl (C=O) groups is 1. The van der Waals surface area contributed by atoms with Gasteiger partial charge in [-0.2, -0.15) is 0 Å². The fraction of sp³-hybridized carbons (Fsp3) is 0.444. The molecule has 0 aromatic carbocycles. The molecule has 0 fully saturated rings. The minimum atomic E-state index is -1.26. The lowest BCUT2D eigenvalue weighted by Crippen LogP contribution is -2.20. The van der Waals surface area contributed by atoms with Crippen molar-refractivity contribution in [2.24, 2.45) is 0 Å². The number of aromatic amines is 1. The van der Waals surface area contributed by atoms with Crippen LogP contribution in [0.4, 0.5) is 0 Å². The maximum Gasteiger partial charge on any atom is 0.342 e. The first-order valence-electron chi connectivity index (χ1n) is 4.38. The average Bonchev–Trinajstić information content (AvgIpc) is 2.15. The average molecular weight is 196 g/mol. The van der Waals surface area contributed by atoms with Crippen LogP contribution in [0, 0.1) is 0 Å². The van der Waals surface area contributed by atoms with Crippen molar-refractivity contribution in [2.75, 3.05) is 0 Å². The predicted octanol–water partition coefficient (Wildman–Crippen LogP) is 0.982. The van der Waals surface area contributed by atoms with Crippen molar-refractivity contribution >= 4 is 5.97 Å². The van der Waals surface area contributed by atoms with Crippen molar-refractivity contribution in [3.8, 4) is 0 Å². The monoisotopic (exact) mass is 196 g/mol. The van der Waals surface area contributed by atoms with E-state index in [9.17, 15) is 9.59 Å². The van der Waals surface area contributed by atoms with E-state index < -0.39 is 11.5 Å². The summed E-state index contributed by atoms with van der Waals surface area (Å²) in [6.07, 6.45) is 1.94. The van der Waals surface area contributed by atoms with E-state index in [-0.39, 0.29) is 11.5 Å². The van der Waals surface area contributed by atoms with Crippen molar-refractivity contribution in [1.29, 1.82) is 0 Å². The molecule has 1 aromatic heterocycles. The minimum Gasteiger partial charge on any atom is -0.477 e. The van der Waals surface area contributed by atoms with Gasteiger partial charge in [0.1, 0.15) is 11.4 Å². The molecule has 1 atom stereocenters. The molecule has 5 nitrogen and oxygen atoms in total. The normalized spacial score (nSPS) is 12.4. The summed E-state index contributed by atoms with van der Waals surface area (Å²) in [6, 6.07) is 0. The van der Waals surface area contributed by atoms with Crippen LogP contribution in [0.3, 0.4) is 0 Å². The number of hydrogen-bond donors (Lipinski definition) is 2. The van der Waals surface area contributed by atoms with E-state index in [2.05, 4.69) is 9.97 Å². The van der Waals surface area contributed by atoms with Gasteiger partial charge in [0.05, 0.1) is 0 Å². The van der Waals surface area contributed by atoms with Gasteiger partial charge in [-0.1, -0.05) is 13.8 Å². The first-order valence-corrected chi connectivity index (χ1v) is 4.38. The summed E-state index contributed by atoms with van der Waals surface area (Å²) in [5.74, 6) is -0.595. The van der Waals surface area contributed by atoms with Crippen LogP contribution in [0.1, 0.15) is 42.4 Å². The van der Waals surface area contributed by atoms with Crippen LogP contribution >= 0.6 is 0 Å². The van der Waals surface area contributed by atoms with Crippen LogP contribution in [0.15, 0.2) is 11.0 Å². The molecule has 0 amide bonds. The highest BCUT2D eigenvalue weighted by molar-refractivity contribution is 5.86. The Morgan fingerprint density at radius 2 is 2.36 bits per heavy atom. The van der Waals surface area contributed by atoms with Crippen molar-refractivity contribution in [1.82, 2.24) is 9.97 Å². The summed E-state index contributed by atoms with van der Waals surface area (Å²) >= 11 is 0. The molecule has 1 heterocycles. The molecule has 0 unspecified atom stereocenters. The van der Waals surface area contributed by atoms with Crippen LogP contribution < -0.4 is 5.56 Å². The molecule has 5 heteroatoms. The summed E-state index contributed by atoms with van der Waals surface area (Å²) in [6.45, 7) is 3.88. The molecule has 0 saturated carbocycles. The number of carboxylic acids is 1. The van der Waals surface area contributed by atoms with Crippen LogP contribution in [0.5, 0.6) is 0 Å². The maximum atomic E-state index is 11.2. The predicted molar refractivity (Wildman–Crippen MR) is 50.5 cm³/mol. The lowest BCUT2D eigenvalue weighted by atomic mass is 10.1. The van der Waals surface area contributed by atoms with Gasteiger partial charge in [-0.05, 0) is 6.42 Å². The smallest absolute Gasteiger partial charge is 0.342 e. The lowest BCUT2D eigenvalue weighted by molar-refractivity contribution is 0.0694. The Hall–Kier alpha value is -1.65. The molecular formula is C9H12N2O3. The fourth-order valence-electron chi connectivity index (χ4n) is 1.00. The number of nitrogens with one attached hydrogen (secondary N) is 1. The first-order chi connectivity index (χ1) is 6.56. The molecule has 76 valence electrons. The highest BCUT2D eigenvalue weighted by Crippen LogP contribution is 2.11. The summed E-state index contributed by atoms with van der Waals surface area (Å²) in [5, 5.41) is 8.59. The topological polar surface area (TPSA) is 83.0 Å². The summed E-state index contributed by atoms with van der Waals surface area (Å²) in [5.41, 5.74) is -0.917. The molecule has 1 rings (SSSR count). The Balaban J connectivity index is 3.13. The molecule has 1 aromatic rings. The van der Waals surface area contributed by atoms with Crippen molar-refractivity contribution < 1.29 is 9.90 Å². The van der Waals surface area contributed by atoms with Gasteiger partial charge >= 0.3 is 5.97 Å². The van der Waals surface area contributed by atoms with Crippen molar-refractivity contribution in [2.45, 2.75) is 26.2 Å². The zero-order valence-electron chi connectivity index (χ0n) is 8.07. The van der Waals surface area contributed by atoms with Crippen molar-refractivity contribution in [3.63, 3.8) is 0 Å². The van der Waals surface area contributed by atoms with Gasteiger partial charge < -0.3 is 10.1 Å². The van der Waals surface area contributed by atoms with Crippen LogP contribution in [0.25, 0.3) is 0 Å². The van der Waals surface area contributed by atoms with Gasteiger partial charge in [0.15, 0.2) is 0 Å². The van der Waals surface area contributed by atoms with E-state index in [1.165, 1.54) is 0 Å². The third-order valence-electron chi connectivity index (χ3n) is 2.13. The van der Waals surface area contributed by atoms with E-state index in [1.54, 1.807) is 0 Å². The van der Waals surface area contributed by atoms with Crippen LogP contribution in [-0.4, -0.2) is 21.0 Å². The third-order valence-corrected chi connectivity index (χ3v) is 2.13. The molecule has 0 spiro atoms. The number of rotatable bonds is 3. The van der Waals surface area contributed by atoms with E-state index in [4.69, 9.17) is 5.11 Å². The zero-order valence-corrected chi connectivity index (χ0v) is 8.07. The van der Waals surface area contributed by atoms with E-state index in [0.717, 1.165) is 12.6 Å². The largest absolute Gasteiger partial charge is 0.477 e. The number of aromatic carboxylic acids is 1. The maximum absolute atomic E-state index is 11.2. The number of aromatic nitrogens is 2. The van der Waals surface area contributed by atoms with Gasteiger partial charge in [0, 0.05) is 12.1 Å². The van der Waals surface area contributed by atoms with E-state index >= 15 is 0 Å². The van der Waals surface area contributed by atoms with Gasteiger partial charge in [-0.25, -0.2) is 9.78 Å².